The van der Waals surface area contributed by atoms with E-state index < -0.39 is 17.7 Å². The van der Waals surface area contributed by atoms with E-state index in [2.05, 4.69) is 4.90 Å². The zero-order valence-electron chi connectivity index (χ0n) is 16.7. The van der Waals surface area contributed by atoms with Gasteiger partial charge in [0.15, 0.2) is 5.76 Å². The summed E-state index contributed by atoms with van der Waals surface area (Å²) in [4.78, 5) is 30.5. The number of thiophene rings is 1. The first-order chi connectivity index (χ1) is 14.6. The van der Waals surface area contributed by atoms with Crippen molar-refractivity contribution in [3.8, 4) is 5.75 Å². The molecule has 0 saturated carbocycles. The third kappa shape index (κ3) is 3.98. The van der Waals surface area contributed by atoms with Crippen LogP contribution in [0.2, 0.25) is 0 Å². The SMILES string of the molecule is COc1cccc([C@H]2C(C(=O)c3cccs3)=C(O)C(=O)N2CCN2CCOCC2)c1. The topological polar surface area (TPSA) is 79.3 Å². The third-order valence-electron chi connectivity index (χ3n) is 5.46. The third-order valence-corrected chi connectivity index (χ3v) is 6.33. The first-order valence-corrected chi connectivity index (χ1v) is 10.7. The molecule has 2 aliphatic rings. The molecule has 1 aromatic carbocycles. The Balaban J connectivity index is 1.68. The number of methoxy groups -OCH3 is 1. The van der Waals surface area contributed by atoms with Crippen LogP contribution in [0.4, 0.5) is 0 Å². The van der Waals surface area contributed by atoms with Gasteiger partial charge in [-0.15, -0.1) is 11.3 Å². The Morgan fingerprint density at radius 2 is 2.03 bits per heavy atom. The number of benzene rings is 1. The van der Waals surface area contributed by atoms with Crippen molar-refractivity contribution >= 4 is 23.0 Å². The van der Waals surface area contributed by atoms with Crippen molar-refractivity contribution in [2.75, 3.05) is 46.5 Å². The number of rotatable bonds is 7. The van der Waals surface area contributed by atoms with E-state index in [0.29, 0.717) is 36.9 Å². The highest BCUT2D eigenvalue weighted by Gasteiger charge is 2.44. The van der Waals surface area contributed by atoms with Crippen molar-refractivity contribution in [1.29, 1.82) is 0 Å². The van der Waals surface area contributed by atoms with E-state index in [1.807, 2.05) is 18.2 Å². The van der Waals surface area contributed by atoms with E-state index >= 15 is 0 Å². The highest BCUT2D eigenvalue weighted by atomic mass is 32.1. The molecule has 0 aliphatic carbocycles. The van der Waals surface area contributed by atoms with E-state index in [4.69, 9.17) is 9.47 Å². The van der Waals surface area contributed by atoms with Gasteiger partial charge in [-0.1, -0.05) is 18.2 Å². The number of ketones is 1. The molecule has 1 atom stereocenters. The average Bonchev–Trinajstić information content (AvgIpc) is 3.40. The Morgan fingerprint density at radius 3 is 2.73 bits per heavy atom. The molecule has 1 aromatic heterocycles. The first-order valence-electron chi connectivity index (χ1n) is 9.86. The molecule has 158 valence electrons. The molecule has 1 N–H and O–H groups in total. The standard InChI is InChI=1S/C22H24N2O5S/c1-28-16-5-2-4-15(14-16)19-18(20(25)17-6-3-13-30-17)21(26)22(27)24(19)8-7-23-9-11-29-12-10-23/h2-6,13-14,19,26H,7-12H2,1H3/t19-/m0/s1. The van der Waals surface area contributed by atoms with Gasteiger partial charge in [0.25, 0.3) is 5.91 Å². The smallest absolute Gasteiger partial charge is 0.290 e. The second-order valence-electron chi connectivity index (χ2n) is 7.20. The summed E-state index contributed by atoms with van der Waals surface area (Å²) < 4.78 is 10.7. The maximum atomic E-state index is 13.2. The molecule has 0 bridgehead atoms. The van der Waals surface area contributed by atoms with Crippen LogP contribution in [0, 0.1) is 0 Å². The molecule has 0 radical (unpaired) electrons. The van der Waals surface area contributed by atoms with Gasteiger partial charge in [-0.2, -0.15) is 0 Å². The van der Waals surface area contributed by atoms with Gasteiger partial charge in [-0.3, -0.25) is 14.5 Å². The Labute approximate surface area is 179 Å². The highest BCUT2D eigenvalue weighted by Crippen LogP contribution is 2.40. The van der Waals surface area contributed by atoms with Crippen molar-refractivity contribution in [3.05, 3.63) is 63.6 Å². The summed E-state index contributed by atoms with van der Waals surface area (Å²) in [5, 5.41) is 12.5. The summed E-state index contributed by atoms with van der Waals surface area (Å²) in [6.45, 7) is 3.96. The summed E-state index contributed by atoms with van der Waals surface area (Å²) in [6, 6.07) is 10.1. The van der Waals surface area contributed by atoms with E-state index in [1.165, 1.54) is 11.3 Å². The maximum Gasteiger partial charge on any atom is 0.290 e. The van der Waals surface area contributed by atoms with Gasteiger partial charge in [0.2, 0.25) is 5.78 Å². The molecule has 0 unspecified atom stereocenters. The molecule has 2 aliphatic heterocycles. The van der Waals surface area contributed by atoms with Gasteiger partial charge in [0, 0.05) is 26.2 Å². The van der Waals surface area contributed by atoms with Crippen molar-refractivity contribution in [1.82, 2.24) is 9.80 Å². The molecule has 7 nitrogen and oxygen atoms in total. The minimum atomic E-state index is -0.664. The van der Waals surface area contributed by atoms with E-state index in [-0.39, 0.29) is 11.4 Å². The largest absolute Gasteiger partial charge is 0.503 e. The zero-order chi connectivity index (χ0) is 21.1. The van der Waals surface area contributed by atoms with Crippen LogP contribution in [-0.2, 0) is 9.53 Å². The molecular weight excluding hydrogens is 404 g/mol. The minimum absolute atomic E-state index is 0.123. The highest BCUT2D eigenvalue weighted by molar-refractivity contribution is 7.12. The van der Waals surface area contributed by atoms with E-state index in [1.54, 1.807) is 35.6 Å². The number of ether oxygens (including phenoxy) is 2. The second kappa shape index (κ2) is 8.99. The Bertz CT molecular complexity index is 950. The van der Waals surface area contributed by atoms with E-state index in [0.717, 1.165) is 18.7 Å². The minimum Gasteiger partial charge on any atom is -0.503 e. The van der Waals surface area contributed by atoms with Crippen LogP contribution in [0.3, 0.4) is 0 Å². The summed E-state index contributed by atoms with van der Waals surface area (Å²) in [5.41, 5.74) is 0.853. The number of hydrogen-bond acceptors (Lipinski definition) is 7. The lowest BCUT2D eigenvalue weighted by atomic mass is 9.95. The monoisotopic (exact) mass is 428 g/mol. The molecule has 1 amide bonds. The molecule has 30 heavy (non-hydrogen) atoms. The predicted molar refractivity (Wildman–Crippen MR) is 113 cm³/mol. The van der Waals surface area contributed by atoms with Gasteiger partial charge in [0.1, 0.15) is 5.75 Å². The fourth-order valence-electron chi connectivity index (χ4n) is 3.89. The normalized spacial score (nSPS) is 20.1. The Kier molecular flexibility index (Phi) is 6.17. The van der Waals surface area contributed by atoms with Crippen LogP contribution in [0.5, 0.6) is 5.75 Å². The van der Waals surface area contributed by atoms with Gasteiger partial charge in [-0.05, 0) is 29.1 Å². The van der Waals surface area contributed by atoms with Crippen molar-refractivity contribution < 1.29 is 24.2 Å². The lowest BCUT2D eigenvalue weighted by Gasteiger charge is -2.31. The summed E-state index contributed by atoms with van der Waals surface area (Å²) in [5.74, 6) is -0.681. The average molecular weight is 429 g/mol. The van der Waals surface area contributed by atoms with E-state index in [9.17, 15) is 14.7 Å². The number of aliphatic hydroxyl groups is 1. The lowest BCUT2D eigenvalue weighted by Crippen LogP contribution is -2.43. The molecule has 1 saturated heterocycles. The number of Topliss-reactive ketones (excluding diaryl/α,β-unsaturated/α-hetero) is 1. The van der Waals surface area contributed by atoms with Gasteiger partial charge < -0.3 is 19.5 Å². The number of nitrogens with zero attached hydrogens (tertiary/aromatic N) is 2. The quantitative estimate of drug-likeness (QED) is 0.683. The van der Waals surface area contributed by atoms with Crippen LogP contribution in [-0.4, -0.2) is 73.1 Å². The molecule has 4 rings (SSSR count). The molecule has 3 heterocycles. The number of carbonyl (C=O) groups is 2. The number of hydrogen-bond donors (Lipinski definition) is 1. The van der Waals surface area contributed by atoms with Crippen molar-refractivity contribution in [2.24, 2.45) is 0 Å². The predicted octanol–water partition coefficient (Wildman–Crippen LogP) is 2.67. The van der Waals surface area contributed by atoms with Crippen LogP contribution >= 0.6 is 11.3 Å². The second-order valence-corrected chi connectivity index (χ2v) is 8.15. The van der Waals surface area contributed by atoms with Crippen LogP contribution in [0.15, 0.2) is 53.1 Å². The summed E-state index contributed by atoms with van der Waals surface area (Å²) in [6.07, 6.45) is 0. The molecular formula is C22H24N2O5S. The fourth-order valence-corrected chi connectivity index (χ4v) is 4.57. The zero-order valence-corrected chi connectivity index (χ0v) is 17.6. The number of carbonyl (C=O) groups excluding carboxylic acids is 2. The Morgan fingerprint density at radius 1 is 1.23 bits per heavy atom. The molecule has 1 fully saturated rings. The number of morpholine rings is 1. The van der Waals surface area contributed by atoms with Gasteiger partial charge in [0.05, 0.1) is 36.8 Å². The fraction of sp³-hybridized carbons (Fsp3) is 0.364. The number of aliphatic hydroxyl groups excluding tert-OH is 1. The Hall–Kier alpha value is -2.68. The van der Waals surface area contributed by atoms with Gasteiger partial charge in [-0.25, -0.2) is 0 Å². The maximum absolute atomic E-state index is 13.2. The number of amides is 1. The molecule has 2 aromatic rings. The summed E-state index contributed by atoms with van der Waals surface area (Å²) >= 11 is 1.29. The molecule has 0 spiro atoms. The van der Waals surface area contributed by atoms with Crippen molar-refractivity contribution in [2.45, 2.75) is 6.04 Å². The van der Waals surface area contributed by atoms with Crippen molar-refractivity contribution in [3.63, 3.8) is 0 Å². The van der Waals surface area contributed by atoms with Gasteiger partial charge >= 0.3 is 0 Å². The lowest BCUT2D eigenvalue weighted by molar-refractivity contribution is -0.129. The molecule has 8 heteroatoms. The van der Waals surface area contributed by atoms with Crippen LogP contribution in [0.1, 0.15) is 21.3 Å². The van der Waals surface area contributed by atoms with Crippen LogP contribution in [0.25, 0.3) is 0 Å². The first kappa shape index (κ1) is 20.6. The van der Waals surface area contributed by atoms with Crippen LogP contribution < -0.4 is 4.74 Å². The summed E-state index contributed by atoms with van der Waals surface area (Å²) in [7, 11) is 1.57.